The highest BCUT2D eigenvalue weighted by Crippen LogP contribution is 2.31. The van der Waals surface area contributed by atoms with E-state index in [4.69, 9.17) is 9.47 Å². The van der Waals surface area contributed by atoms with Crippen molar-refractivity contribution in [3.8, 4) is 0 Å². The molecular weight excluding hydrogens is 447 g/mol. The molecule has 2 heterocycles. The molecule has 1 aliphatic heterocycles. The minimum atomic E-state index is -4.55. The quantitative estimate of drug-likeness (QED) is 0.542. The van der Waals surface area contributed by atoms with Gasteiger partial charge in [-0.15, -0.1) is 0 Å². The first-order chi connectivity index (χ1) is 15.9. The molecule has 1 fully saturated rings. The molecule has 1 aromatic heterocycles. The number of carbonyl (C=O) groups is 1. The Balaban J connectivity index is 2.08. The first kappa shape index (κ1) is 26.2. The Morgan fingerprint density at radius 1 is 1.24 bits per heavy atom. The molecule has 0 bridgehead atoms. The van der Waals surface area contributed by atoms with Gasteiger partial charge < -0.3 is 9.47 Å². The van der Waals surface area contributed by atoms with Crippen molar-refractivity contribution in [3.63, 3.8) is 0 Å². The van der Waals surface area contributed by atoms with E-state index in [-0.39, 0.29) is 17.1 Å². The van der Waals surface area contributed by atoms with Crippen LogP contribution in [-0.2, 0) is 41.1 Å². The molecule has 1 amide bonds. The van der Waals surface area contributed by atoms with Gasteiger partial charge in [0.25, 0.3) is 5.91 Å². The van der Waals surface area contributed by atoms with E-state index in [0.29, 0.717) is 43.7 Å². The van der Waals surface area contributed by atoms with Gasteiger partial charge in [-0.2, -0.15) is 18.2 Å². The number of aromatic nitrogens is 2. The summed E-state index contributed by atoms with van der Waals surface area (Å²) in [5.41, 5.74) is 0.782. The molecule has 3 rings (SSSR count). The van der Waals surface area contributed by atoms with Gasteiger partial charge in [0.2, 0.25) is 0 Å². The van der Waals surface area contributed by atoms with Gasteiger partial charge in [0, 0.05) is 50.1 Å². The Morgan fingerprint density at radius 3 is 2.56 bits per heavy atom. The summed E-state index contributed by atoms with van der Waals surface area (Å²) in [6.07, 6.45) is -1.66. The van der Waals surface area contributed by atoms with Crippen LogP contribution in [0.15, 0.2) is 29.3 Å². The van der Waals surface area contributed by atoms with Crippen molar-refractivity contribution < 1.29 is 27.4 Å². The van der Waals surface area contributed by atoms with Gasteiger partial charge in [-0.05, 0) is 43.4 Å². The van der Waals surface area contributed by atoms with E-state index in [9.17, 15) is 18.0 Å². The molecule has 1 aliphatic rings. The van der Waals surface area contributed by atoms with E-state index in [1.165, 1.54) is 6.07 Å². The lowest BCUT2D eigenvalue weighted by Gasteiger charge is -2.21. The molecule has 6 nitrogen and oxygen atoms in total. The number of ether oxygens (including phenoxy) is 2. The lowest BCUT2D eigenvalue weighted by molar-refractivity contribution is -0.137. The molecule has 0 saturated carbocycles. The van der Waals surface area contributed by atoms with Crippen LogP contribution in [0.2, 0.25) is 0 Å². The fraction of sp³-hybridized carbons (Fsp3) is 0.600. The summed E-state index contributed by atoms with van der Waals surface area (Å²) < 4.78 is 54.9. The summed E-state index contributed by atoms with van der Waals surface area (Å²) in [5.74, 6) is -0.689. The van der Waals surface area contributed by atoms with Crippen LogP contribution in [0.25, 0.3) is 0 Å². The molecule has 34 heavy (non-hydrogen) atoms. The van der Waals surface area contributed by atoms with Gasteiger partial charge in [0.15, 0.2) is 5.49 Å². The van der Waals surface area contributed by atoms with Crippen LogP contribution in [0.4, 0.5) is 13.2 Å². The van der Waals surface area contributed by atoms with Crippen LogP contribution in [-0.4, -0.2) is 41.7 Å². The summed E-state index contributed by atoms with van der Waals surface area (Å²) in [6, 6.07) is 5.13. The summed E-state index contributed by atoms with van der Waals surface area (Å²) in [6.45, 7) is 7.84. The Kier molecular flexibility index (Phi) is 8.08. The zero-order valence-electron chi connectivity index (χ0n) is 20.5. The molecule has 2 aromatic rings. The Bertz CT molecular complexity index is 1070. The third-order valence-corrected chi connectivity index (χ3v) is 6.09. The first-order valence-corrected chi connectivity index (χ1v) is 11.6. The summed E-state index contributed by atoms with van der Waals surface area (Å²) >= 11 is 0. The van der Waals surface area contributed by atoms with Crippen LogP contribution in [0.1, 0.15) is 67.2 Å². The largest absolute Gasteiger partial charge is 0.416 e. The second kappa shape index (κ2) is 10.5. The number of carbonyl (C=O) groups excluding carboxylic acids is 1. The van der Waals surface area contributed by atoms with E-state index >= 15 is 0 Å². The van der Waals surface area contributed by atoms with E-state index in [2.05, 4.69) is 25.8 Å². The van der Waals surface area contributed by atoms with E-state index < -0.39 is 17.6 Å². The second-order valence-electron chi connectivity index (χ2n) is 9.76. The minimum absolute atomic E-state index is 0.00799. The maximum absolute atomic E-state index is 13.4. The van der Waals surface area contributed by atoms with Crippen molar-refractivity contribution in [2.24, 2.45) is 12.0 Å². The van der Waals surface area contributed by atoms with Crippen LogP contribution >= 0.6 is 0 Å². The summed E-state index contributed by atoms with van der Waals surface area (Å²) in [5, 5.41) is 0. The maximum Gasteiger partial charge on any atom is 0.416 e. The summed E-state index contributed by atoms with van der Waals surface area (Å²) in [4.78, 5) is 17.6. The molecule has 188 valence electrons. The number of benzene rings is 1. The van der Waals surface area contributed by atoms with E-state index in [1.54, 1.807) is 7.11 Å². The molecule has 0 radical (unpaired) electrons. The third kappa shape index (κ3) is 6.18. The number of hydrogen-bond acceptors (Lipinski definition) is 3. The zero-order valence-corrected chi connectivity index (χ0v) is 20.5. The number of rotatable bonds is 7. The van der Waals surface area contributed by atoms with Gasteiger partial charge in [0.05, 0.1) is 18.2 Å². The minimum Gasteiger partial charge on any atom is -0.385 e. The average molecular weight is 482 g/mol. The number of methoxy groups -OCH3 is 1. The van der Waals surface area contributed by atoms with Crippen molar-refractivity contribution in [1.29, 1.82) is 0 Å². The van der Waals surface area contributed by atoms with Gasteiger partial charge in [0.1, 0.15) is 0 Å². The average Bonchev–Trinajstić information content (AvgIpc) is 3.37. The topological polar surface area (TPSA) is 57.8 Å². The number of amides is 1. The Labute approximate surface area is 198 Å². The lowest BCUT2D eigenvalue weighted by Crippen LogP contribution is -2.30. The van der Waals surface area contributed by atoms with Gasteiger partial charge in [-0.25, -0.2) is 0 Å². The van der Waals surface area contributed by atoms with Crippen LogP contribution in [0, 0.1) is 0 Å². The van der Waals surface area contributed by atoms with Gasteiger partial charge >= 0.3 is 6.18 Å². The molecule has 0 unspecified atom stereocenters. The second-order valence-corrected chi connectivity index (χ2v) is 9.76. The zero-order chi connectivity index (χ0) is 25.1. The molecule has 1 aromatic carbocycles. The highest BCUT2D eigenvalue weighted by Gasteiger charge is 2.32. The van der Waals surface area contributed by atoms with Crippen molar-refractivity contribution >= 4 is 5.91 Å². The molecule has 0 spiro atoms. The monoisotopic (exact) mass is 481 g/mol. The van der Waals surface area contributed by atoms with Crippen molar-refractivity contribution in [3.05, 3.63) is 52.1 Å². The predicted octanol–water partition coefficient (Wildman–Crippen LogP) is 4.64. The normalized spacial score (nSPS) is 17.5. The Hall–Kier alpha value is -2.39. The van der Waals surface area contributed by atoms with Crippen LogP contribution < -0.4 is 5.49 Å². The third-order valence-electron chi connectivity index (χ3n) is 6.09. The van der Waals surface area contributed by atoms with Gasteiger partial charge in [-0.3, -0.25) is 14.2 Å². The number of aryl methyl sites for hydroxylation is 1. The van der Waals surface area contributed by atoms with E-state index in [1.807, 2.05) is 22.5 Å². The highest BCUT2D eigenvalue weighted by molar-refractivity contribution is 5.96. The van der Waals surface area contributed by atoms with Crippen molar-refractivity contribution in [2.45, 2.75) is 70.7 Å². The first-order valence-electron chi connectivity index (χ1n) is 11.6. The molecular formula is C25H34F3N3O3. The smallest absolute Gasteiger partial charge is 0.385 e. The number of alkyl halides is 3. The van der Waals surface area contributed by atoms with Crippen molar-refractivity contribution in [1.82, 2.24) is 9.36 Å². The maximum atomic E-state index is 13.4. The standard InChI is InChI=1S/C25H34F3N3O3/c1-24(2,3)21-15-22(31(30(21)4)16-19-9-7-13-34-19)29-23(32)20-14-18(25(26,27)28)11-10-17(20)8-6-12-33-5/h10-11,14-15,19H,6-9,12-13,16H2,1-5H3/b29-22+/t19-/m1/s1. The number of nitrogens with zero attached hydrogens (tertiary/aromatic N) is 3. The predicted molar refractivity (Wildman–Crippen MR) is 123 cm³/mol. The van der Waals surface area contributed by atoms with Crippen LogP contribution in [0.5, 0.6) is 0 Å². The molecule has 1 atom stereocenters. The fourth-order valence-electron chi connectivity index (χ4n) is 4.30. The Morgan fingerprint density at radius 2 is 1.97 bits per heavy atom. The SMILES string of the molecule is COCCCc1ccc(C(F)(F)F)cc1C(=O)/N=c1\cc(C(C)(C)C)n(C)n1C[C@H]1CCCO1. The van der Waals surface area contributed by atoms with Crippen molar-refractivity contribution in [2.75, 3.05) is 20.3 Å². The molecule has 0 aliphatic carbocycles. The number of halogens is 3. The van der Waals surface area contributed by atoms with Gasteiger partial charge in [-0.1, -0.05) is 26.8 Å². The molecule has 0 N–H and O–H groups in total. The number of hydrogen-bond donors (Lipinski definition) is 0. The molecule has 9 heteroatoms. The fourth-order valence-corrected chi connectivity index (χ4v) is 4.30. The van der Waals surface area contributed by atoms with Crippen LogP contribution in [0.3, 0.4) is 0 Å². The summed E-state index contributed by atoms with van der Waals surface area (Å²) in [7, 11) is 3.46. The lowest BCUT2D eigenvalue weighted by atomic mass is 9.92. The van der Waals surface area contributed by atoms with E-state index in [0.717, 1.165) is 30.7 Å². The highest BCUT2D eigenvalue weighted by atomic mass is 19.4. The molecule has 1 saturated heterocycles.